The Hall–Kier alpha value is -1.91. The van der Waals surface area contributed by atoms with Crippen molar-refractivity contribution in [1.82, 2.24) is 20.1 Å². The number of benzene rings is 1. The summed E-state index contributed by atoms with van der Waals surface area (Å²) >= 11 is 6.26. The number of fused-ring (bicyclic) bond motifs is 1. The maximum Gasteiger partial charge on any atom is 0.0722 e. The first-order valence-corrected chi connectivity index (χ1v) is 7.25. The molecule has 0 spiro atoms. The number of nitrogens with one attached hydrogen (secondary N) is 1. The maximum absolute atomic E-state index is 6.26. The van der Waals surface area contributed by atoms with Crippen molar-refractivity contribution in [2.75, 3.05) is 7.05 Å². The molecule has 1 aromatic carbocycles. The summed E-state index contributed by atoms with van der Waals surface area (Å²) in [6.07, 6.45) is 4.22. The number of likely N-dealkylation sites (N-methyl/N-ethyl adjacent to an activating group) is 1. The van der Waals surface area contributed by atoms with Crippen molar-refractivity contribution in [3.05, 3.63) is 59.0 Å². The second kappa shape index (κ2) is 5.84. The average Bonchev–Trinajstić information content (AvgIpc) is 2.82. The van der Waals surface area contributed by atoms with Crippen LogP contribution in [0.3, 0.4) is 0 Å². The molecule has 0 saturated carbocycles. The van der Waals surface area contributed by atoms with E-state index in [1.807, 2.05) is 37.0 Å². The lowest BCUT2D eigenvalue weighted by Gasteiger charge is -2.16. The number of hydrogen-bond acceptors (Lipinski definition) is 3. The zero-order valence-corrected chi connectivity index (χ0v) is 12.8. The number of pyridine rings is 1. The fourth-order valence-corrected chi connectivity index (χ4v) is 2.92. The molecule has 3 aromatic rings. The minimum atomic E-state index is 0.110. The van der Waals surface area contributed by atoms with Gasteiger partial charge in [-0.3, -0.25) is 9.67 Å². The third-order valence-electron chi connectivity index (χ3n) is 3.76. The van der Waals surface area contributed by atoms with Gasteiger partial charge in [-0.2, -0.15) is 5.10 Å². The Labute approximate surface area is 128 Å². The quantitative estimate of drug-likeness (QED) is 0.805. The number of nitrogens with zero attached hydrogens (tertiary/aromatic N) is 3. The van der Waals surface area contributed by atoms with Gasteiger partial charge in [-0.25, -0.2) is 0 Å². The minimum Gasteiger partial charge on any atom is -0.313 e. The van der Waals surface area contributed by atoms with Gasteiger partial charge in [-0.15, -0.1) is 0 Å². The van der Waals surface area contributed by atoms with Gasteiger partial charge < -0.3 is 5.32 Å². The molecule has 1 N–H and O–H groups in total. The summed E-state index contributed by atoms with van der Waals surface area (Å²) < 4.78 is 1.92. The Kier molecular flexibility index (Phi) is 3.90. The summed E-state index contributed by atoms with van der Waals surface area (Å²) in [5, 5.41) is 9.83. The third-order valence-corrected chi connectivity index (χ3v) is 4.08. The van der Waals surface area contributed by atoms with Crippen molar-refractivity contribution >= 4 is 22.5 Å². The number of para-hydroxylation sites is 1. The maximum atomic E-state index is 6.26. The lowest BCUT2D eigenvalue weighted by molar-refractivity contribution is 0.579. The van der Waals surface area contributed by atoms with E-state index in [4.69, 9.17) is 11.6 Å². The SMILES string of the molecule is CNC(Cc1nn(C)c2ccccc12)c1ccncc1Cl. The van der Waals surface area contributed by atoms with Crippen molar-refractivity contribution in [3.63, 3.8) is 0 Å². The standard InChI is InChI=1S/C16H17ClN4/c1-18-14(11-7-8-19-10-13(11)17)9-15-12-5-3-4-6-16(12)21(2)20-15/h3-8,10,14,18H,9H2,1-2H3. The van der Waals surface area contributed by atoms with Crippen LogP contribution in [0, 0.1) is 0 Å². The largest absolute Gasteiger partial charge is 0.313 e. The van der Waals surface area contributed by atoms with E-state index in [2.05, 4.69) is 27.5 Å². The third kappa shape index (κ3) is 2.64. The van der Waals surface area contributed by atoms with Crippen molar-refractivity contribution in [3.8, 4) is 0 Å². The van der Waals surface area contributed by atoms with Crippen LogP contribution >= 0.6 is 11.6 Å². The monoisotopic (exact) mass is 300 g/mol. The summed E-state index contributed by atoms with van der Waals surface area (Å²) in [6.45, 7) is 0. The summed E-state index contributed by atoms with van der Waals surface area (Å²) in [5.74, 6) is 0. The van der Waals surface area contributed by atoms with Crippen molar-refractivity contribution in [1.29, 1.82) is 0 Å². The van der Waals surface area contributed by atoms with Crippen LogP contribution in [0.25, 0.3) is 10.9 Å². The molecule has 4 nitrogen and oxygen atoms in total. The van der Waals surface area contributed by atoms with Crippen LogP contribution in [0.1, 0.15) is 17.3 Å². The zero-order chi connectivity index (χ0) is 14.8. The lowest BCUT2D eigenvalue weighted by Crippen LogP contribution is -2.19. The molecule has 0 amide bonds. The molecular formula is C16H17ClN4. The fourth-order valence-electron chi connectivity index (χ4n) is 2.67. The number of halogens is 1. The van der Waals surface area contributed by atoms with Crippen LogP contribution < -0.4 is 5.32 Å². The van der Waals surface area contributed by atoms with Gasteiger partial charge in [-0.1, -0.05) is 29.8 Å². The van der Waals surface area contributed by atoms with Crippen molar-refractivity contribution in [2.24, 2.45) is 7.05 Å². The number of rotatable bonds is 4. The highest BCUT2D eigenvalue weighted by molar-refractivity contribution is 6.31. The van der Waals surface area contributed by atoms with E-state index in [9.17, 15) is 0 Å². The predicted octanol–water partition coefficient (Wildman–Crippen LogP) is 3.12. The molecule has 5 heteroatoms. The molecule has 0 radical (unpaired) electrons. The lowest BCUT2D eigenvalue weighted by atomic mass is 10.0. The first-order chi connectivity index (χ1) is 10.2. The topological polar surface area (TPSA) is 42.7 Å². The predicted molar refractivity (Wildman–Crippen MR) is 85.5 cm³/mol. The summed E-state index contributed by atoms with van der Waals surface area (Å²) in [4.78, 5) is 4.04. The van der Waals surface area contributed by atoms with Gasteiger partial charge in [-0.05, 0) is 24.7 Å². The molecule has 0 aliphatic rings. The highest BCUT2D eigenvalue weighted by Crippen LogP contribution is 2.27. The molecule has 0 aliphatic heterocycles. The Morgan fingerprint density at radius 2 is 2.10 bits per heavy atom. The van der Waals surface area contributed by atoms with Gasteiger partial charge in [0.1, 0.15) is 0 Å². The molecule has 0 bridgehead atoms. The molecule has 0 fully saturated rings. The summed E-state index contributed by atoms with van der Waals surface area (Å²) in [7, 11) is 3.91. The van der Waals surface area contributed by atoms with Crippen LogP contribution in [0.5, 0.6) is 0 Å². The molecule has 108 valence electrons. The molecule has 2 heterocycles. The molecule has 3 rings (SSSR count). The molecule has 0 saturated heterocycles. The Bertz CT molecular complexity index is 766. The first-order valence-electron chi connectivity index (χ1n) is 6.88. The molecule has 21 heavy (non-hydrogen) atoms. The number of aryl methyl sites for hydroxylation is 1. The Morgan fingerprint density at radius 3 is 2.86 bits per heavy atom. The second-order valence-corrected chi connectivity index (χ2v) is 5.44. The van der Waals surface area contributed by atoms with Crippen LogP contribution in [-0.2, 0) is 13.5 Å². The van der Waals surface area contributed by atoms with Crippen LogP contribution in [0.2, 0.25) is 5.02 Å². The van der Waals surface area contributed by atoms with Gasteiger partial charge in [0.25, 0.3) is 0 Å². The van der Waals surface area contributed by atoms with Gasteiger partial charge in [0.15, 0.2) is 0 Å². The van der Waals surface area contributed by atoms with E-state index in [0.717, 1.165) is 23.2 Å². The van der Waals surface area contributed by atoms with E-state index in [0.29, 0.717) is 5.02 Å². The zero-order valence-electron chi connectivity index (χ0n) is 12.0. The molecule has 1 unspecified atom stereocenters. The second-order valence-electron chi connectivity index (χ2n) is 5.03. The highest BCUT2D eigenvalue weighted by Gasteiger charge is 2.17. The van der Waals surface area contributed by atoms with E-state index in [-0.39, 0.29) is 6.04 Å². The number of aromatic nitrogens is 3. The van der Waals surface area contributed by atoms with Crippen molar-refractivity contribution in [2.45, 2.75) is 12.5 Å². The van der Waals surface area contributed by atoms with Gasteiger partial charge in [0.05, 0.1) is 16.2 Å². The fraction of sp³-hybridized carbons (Fsp3) is 0.250. The van der Waals surface area contributed by atoms with E-state index < -0.39 is 0 Å². The van der Waals surface area contributed by atoms with Crippen LogP contribution in [0.4, 0.5) is 0 Å². The highest BCUT2D eigenvalue weighted by atomic mass is 35.5. The van der Waals surface area contributed by atoms with Crippen molar-refractivity contribution < 1.29 is 0 Å². The minimum absolute atomic E-state index is 0.110. The van der Waals surface area contributed by atoms with Gasteiger partial charge in [0.2, 0.25) is 0 Å². The normalized spacial score (nSPS) is 12.7. The Balaban J connectivity index is 1.99. The van der Waals surface area contributed by atoms with E-state index in [1.54, 1.807) is 12.4 Å². The average molecular weight is 301 g/mol. The van der Waals surface area contributed by atoms with E-state index >= 15 is 0 Å². The van der Waals surface area contributed by atoms with Crippen LogP contribution in [-0.4, -0.2) is 21.8 Å². The van der Waals surface area contributed by atoms with Crippen LogP contribution in [0.15, 0.2) is 42.7 Å². The summed E-state index contributed by atoms with van der Waals surface area (Å²) in [6, 6.07) is 10.3. The molecular weight excluding hydrogens is 284 g/mol. The molecule has 1 atom stereocenters. The van der Waals surface area contributed by atoms with Gasteiger partial charge >= 0.3 is 0 Å². The number of hydrogen-bond donors (Lipinski definition) is 1. The molecule has 2 aromatic heterocycles. The van der Waals surface area contributed by atoms with Gasteiger partial charge in [0, 0.05) is 37.3 Å². The molecule has 0 aliphatic carbocycles. The summed E-state index contributed by atoms with van der Waals surface area (Å²) in [5.41, 5.74) is 3.26. The first kappa shape index (κ1) is 14.0. The Morgan fingerprint density at radius 1 is 1.29 bits per heavy atom. The smallest absolute Gasteiger partial charge is 0.0722 e. The van der Waals surface area contributed by atoms with E-state index in [1.165, 1.54) is 5.39 Å².